The number of fused-ring (bicyclic) bond motifs is 2. The van der Waals surface area contributed by atoms with Crippen LogP contribution in [0.15, 0.2) is 42.5 Å². The van der Waals surface area contributed by atoms with Crippen molar-refractivity contribution in [2.75, 3.05) is 20.3 Å². The fourth-order valence-corrected chi connectivity index (χ4v) is 4.16. The first-order chi connectivity index (χ1) is 13.7. The Bertz CT molecular complexity index is 946. The molecule has 1 aliphatic heterocycles. The molecule has 0 radical (unpaired) electrons. The third-order valence-electron chi connectivity index (χ3n) is 5.53. The Balaban J connectivity index is 1.63. The number of nitrogens with one attached hydrogen (secondary N) is 1. The number of H-pyrrole nitrogens is 1. The largest absolute Gasteiger partial charge is 0.493 e. The second kappa shape index (κ2) is 7.97. The van der Waals surface area contributed by atoms with Gasteiger partial charge in [0, 0.05) is 17.8 Å². The maximum absolute atomic E-state index is 11.7. The molecule has 2 heterocycles. The Kier molecular flexibility index (Phi) is 5.24. The molecule has 0 bridgehead atoms. The predicted molar refractivity (Wildman–Crippen MR) is 110 cm³/mol. The van der Waals surface area contributed by atoms with E-state index in [0.717, 1.165) is 49.2 Å². The van der Waals surface area contributed by atoms with Crippen molar-refractivity contribution in [3.8, 4) is 11.5 Å². The van der Waals surface area contributed by atoms with Crippen molar-refractivity contribution in [1.82, 2.24) is 9.88 Å². The van der Waals surface area contributed by atoms with Crippen LogP contribution in [0.2, 0.25) is 0 Å². The minimum absolute atomic E-state index is 0.0396. The lowest BCUT2D eigenvalue weighted by atomic mass is 9.89. The van der Waals surface area contributed by atoms with Crippen LogP contribution >= 0.6 is 0 Å². The van der Waals surface area contributed by atoms with Gasteiger partial charge in [-0.1, -0.05) is 18.2 Å². The highest BCUT2D eigenvalue weighted by Crippen LogP contribution is 2.39. The maximum Gasteiger partial charge on any atom is 0.210 e. The number of aromatic amines is 1. The van der Waals surface area contributed by atoms with Crippen molar-refractivity contribution in [3.63, 3.8) is 0 Å². The summed E-state index contributed by atoms with van der Waals surface area (Å²) >= 11 is 0. The molecule has 28 heavy (non-hydrogen) atoms. The van der Waals surface area contributed by atoms with E-state index < -0.39 is 0 Å². The van der Waals surface area contributed by atoms with Gasteiger partial charge in [0.2, 0.25) is 6.41 Å². The van der Waals surface area contributed by atoms with E-state index in [9.17, 15) is 4.79 Å². The molecule has 0 saturated carbocycles. The number of aromatic nitrogens is 1. The summed E-state index contributed by atoms with van der Waals surface area (Å²) < 4.78 is 11.3. The van der Waals surface area contributed by atoms with Gasteiger partial charge in [-0.25, -0.2) is 0 Å². The van der Waals surface area contributed by atoms with Crippen LogP contribution in [0.4, 0.5) is 0 Å². The van der Waals surface area contributed by atoms with E-state index in [1.807, 2.05) is 24.0 Å². The number of aryl methyl sites for hydroxylation is 1. The smallest absolute Gasteiger partial charge is 0.210 e. The molecule has 4 rings (SSSR count). The number of amides is 1. The van der Waals surface area contributed by atoms with Crippen molar-refractivity contribution in [2.24, 2.45) is 0 Å². The highest BCUT2D eigenvalue weighted by molar-refractivity contribution is 5.80. The number of nitrogens with zero attached hydrogens (tertiary/aromatic N) is 1. The van der Waals surface area contributed by atoms with E-state index in [4.69, 9.17) is 9.47 Å². The number of ether oxygens (including phenoxy) is 2. The van der Waals surface area contributed by atoms with Crippen molar-refractivity contribution in [2.45, 2.75) is 32.2 Å². The highest BCUT2D eigenvalue weighted by Gasteiger charge is 2.28. The Morgan fingerprint density at radius 3 is 2.82 bits per heavy atom. The number of benzene rings is 2. The van der Waals surface area contributed by atoms with Gasteiger partial charge in [-0.2, -0.15) is 0 Å². The summed E-state index contributed by atoms with van der Waals surface area (Å²) in [5.74, 6) is 1.50. The van der Waals surface area contributed by atoms with Crippen molar-refractivity contribution >= 4 is 17.3 Å². The second-order valence-electron chi connectivity index (χ2n) is 7.16. The van der Waals surface area contributed by atoms with E-state index in [-0.39, 0.29) is 6.04 Å². The van der Waals surface area contributed by atoms with Crippen molar-refractivity contribution < 1.29 is 14.3 Å². The molecule has 1 aliphatic rings. The van der Waals surface area contributed by atoms with Crippen LogP contribution in [-0.4, -0.2) is 36.6 Å². The summed E-state index contributed by atoms with van der Waals surface area (Å²) in [6.45, 7) is 3.27. The Morgan fingerprint density at radius 1 is 1.21 bits per heavy atom. The fourth-order valence-electron chi connectivity index (χ4n) is 4.16. The summed E-state index contributed by atoms with van der Waals surface area (Å²) in [5.41, 5.74) is 4.74. The van der Waals surface area contributed by atoms with Crippen LogP contribution in [-0.2, 0) is 17.6 Å². The van der Waals surface area contributed by atoms with Crippen LogP contribution in [0.1, 0.15) is 36.2 Å². The lowest BCUT2D eigenvalue weighted by molar-refractivity contribution is -0.120. The van der Waals surface area contributed by atoms with Crippen LogP contribution in [0.5, 0.6) is 11.5 Å². The summed E-state index contributed by atoms with van der Waals surface area (Å²) in [6, 6.07) is 14.7. The van der Waals surface area contributed by atoms with Crippen LogP contribution < -0.4 is 9.47 Å². The van der Waals surface area contributed by atoms with E-state index in [2.05, 4.69) is 35.3 Å². The molecule has 5 heteroatoms. The number of hydrogen-bond acceptors (Lipinski definition) is 3. The standard InChI is InChI=1S/C23H26N2O3/c1-3-28-23-14-19-16(13-22(23)27-2)10-11-25(15-26)21(19)9-8-18-12-17-6-4-5-7-20(17)24-18/h4-7,12-15,21,24H,3,8-11H2,1-2H3/t21-/m0/s1. The van der Waals surface area contributed by atoms with E-state index in [1.165, 1.54) is 22.2 Å². The molecule has 0 saturated heterocycles. The fraction of sp³-hybridized carbons (Fsp3) is 0.348. The van der Waals surface area contributed by atoms with Gasteiger partial charge >= 0.3 is 0 Å². The highest BCUT2D eigenvalue weighted by atomic mass is 16.5. The van der Waals surface area contributed by atoms with Crippen molar-refractivity contribution in [3.05, 3.63) is 59.3 Å². The lowest BCUT2D eigenvalue weighted by Gasteiger charge is -2.35. The first kappa shape index (κ1) is 18.4. The summed E-state index contributed by atoms with van der Waals surface area (Å²) in [6.07, 6.45) is 3.54. The molecule has 1 N–H and O–H groups in total. The predicted octanol–water partition coefficient (Wildman–Crippen LogP) is 4.26. The molecule has 2 aromatic carbocycles. The molecular formula is C23H26N2O3. The van der Waals surface area contributed by atoms with E-state index in [0.29, 0.717) is 6.61 Å². The Morgan fingerprint density at radius 2 is 2.07 bits per heavy atom. The van der Waals surface area contributed by atoms with Crippen LogP contribution in [0.3, 0.4) is 0 Å². The quantitative estimate of drug-likeness (QED) is 0.625. The van der Waals surface area contributed by atoms with Gasteiger partial charge in [0.25, 0.3) is 0 Å². The van der Waals surface area contributed by atoms with Gasteiger partial charge in [0.1, 0.15) is 0 Å². The van der Waals surface area contributed by atoms with Gasteiger partial charge < -0.3 is 19.4 Å². The Hall–Kier alpha value is -2.95. The minimum Gasteiger partial charge on any atom is -0.493 e. The molecule has 3 aromatic rings. The molecule has 1 aromatic heterocycles. The minimum atomic E-state index is 0.0396. The first-order valence-corrected chi connectivity index (χ1v) is 9.84. The zero-order chi connectivity index (χ0) is 19.5. The zero-order valence-electron chi connectivity index (χ0n) is 16.4. The van der Waals surface area contributed by atoms with Crippen LogP contribution in [0, 0.1) is 0 Å². The molecule has 1 amide bonds. The zero-order valence-corrected chi connectivity index (χ0v) is 16.4. The first-order valence-electron chi connectivity index (χ1n) is 9.84. The molecule has 5 nitrogen and oxygen atoms in total. The van der Waals surface area contributed by atoms with Crippen LogP contribution in [0.25, 0.3) is 10.9 Å². The number of hydrogen-bond donors (Lipinski definition) is 1. The maximum atomic E-state index is 11.7. The van der Waals surface area contributed by atoms with Gasteiger partial charge in [0.05, 0.1) is 19.8 Å². The molecule has 0 fully saturated rings. The summed E-state index contributed by atoms with van der Waals surface area (Å²) in [4.78, 5) is 17.1. The van der Waals surface area contributed by atoms with Crippen molar-refractivity contribution in [1.29, 1.82) is 0 Å². The van der Waals surface area contributed by atoms with Gasteiger partial charge in [-0.3, -0.25) is 4.79 Å². The summed E-state index contributed by atoms with van der Waals surface area (Å²) in [5, 5.41) is 1.22. The van der Waals surface area contributed by atoms with E-state index >= 15 is 0 Å². The molecule has 0 aliphatic carbocycles. The third kappa shape index (κ3) is 3.44. The molecule has 1 atom stereocenters. The number of rotatable bonds is 7. The second-order valence-corrected chi connectivity index (χ2v) is 7.16. The van der Waals surface area contributed by atoms with Gasteiger partial charge in [-0.05, 0) is 67.0 Å². The average molecular weight is 378 g/mol. The number of carbonyl (C=O) groups is 1. The number of carbonyl (C=O) groups excluding carboxylic acids is 1. The molecular weight excluding hydrogens is 352 g/mol. The SMILES string of the molecule is CCOc1cc2c(cc1OC)CCN(C=O)[C@H]2CCc1cc2ccccc2[nH]1. The van der Waals surface area contributed by atoms with Gasteiger partial charge in [-0.15, -0.1) is 0 Å². The number of methoxy groups -OCH3 is 1. The van der Waals surface area contributed by atoms with E-state index in [1.54, 1.807) is 7.11 Å². The topological polar surface area (TPSA) is 54.6 Å². The molecule has 0 unspecified atom stereocenters. The number of para-hydroxylation sites is 1. The third-order valence-corrected chi connectivity index (χ3v) is 5.53. The summed E-state index contributed by atoms with van der Waals surface area (Å²) in [7, 11) is 1.66. The normalized spacial score (nSPS) is 16.1. The molecule has 0 spiro atoms. The molecule has 146 valence electrons. The lowest BCUT2D eigenvalue weighted by Crippen LogP contribution is -2.34. The Labute approximate surface area is 165 Å². The average Bonchev–Trinajstić information content (AvgIpc) is 3.14. The van der Waals surface area contributed by atoms with Gasteiger partial charge in [0.15, 0.2) is 11.5 Å². The monoisotopic (exact) mass is 378 g/mol.